The van der Waals surface area contributed by atoms with Gasteiger partial charge in [-0.1, -0.05) is 0 Å². The predicted octanol–water partition coefficient (Wildman–Crippen LogP) is 2.49. The zero-order chi connectivity index (χ0) is 11.5. The summed E-state index contributed by atoms with van der Waals surface area (Å²) < 4.78 is 0. The normalized spacial score (nSPS) is 9.81. The van der Waals surface area contributed by atoms with Crippen molar-refractivity contribution in [1.29, 1.82) is 5.26 Å². The molecule has 2 aromatic heterocycles. The van der Waals surface area contributed by atoms with Gasteiger partial charge >= 0.3 is 0 Å². The van der Waals surface area contributed by atoms with Crippen LogP contribution in [0.25, 0.3) is 0 Å². The topological polar surface area (TPSA) is 52.8 Å². The van der Waals surface area contributed by atoms with E-state index in [1.165, 1.54) is 11.9 Å². The minimum atomic E-state index is 0.381. The number of hydrogen-bond acceptors (Lipinski definition) is 5. The molecule has 2 rings (SSSR count). The van der Waals surface area contributed by atoms with E-state index in [-0.39, 0.29) is 0 Å². The number of anilines is 2. The van der Waals surface area contributed by atoms with Crippen molar-refractivity contribution < 1.29 is 0 Å². The van der Waals surface area contributed by atoms with Gasteiger partial charge in [-0.15, -0.1) is 11.3 Å². The van der Waals surface area contributed by atoms with Crippen molar-refractivity contribution >= 4 is 22.2 Å². The Morgan fingerprint density at radius 2 is 2.25 bits per heavy atom. The number of hydrogen-bond donors (Lipinski definition) is 0. The van der Waals surface area contributed by atoms with Crippen LogP contribution in [0, 0.1) is 18.3 Å². The van der Waals surface area contributed by atoms with Crippen LogP contribution in [0.5, 0.6) is 0 Å². The van der Waals surface area contributed by atoms with E-state index < -0.39 is 0 Å². The van der Waals surface area contributed by atoms with E-state index in [0.717, 1.165) is 10.8 Å². The third kappa shape index (κ3) is 1.88. The zero-order valence-corrected chi connectivity index (χ0v) is 9.82. The predicted molar refractivity (Wildman–Crippen MR) is 63.9 cm³/mol. The molecule has 0 atom stereocenters. The Labute approximate surface area is 97.8 Å². The lowest BCUT2D eigenvalue weighted by Gasteiger charge is -2.16. The van der Waals surface area contributed by atoms with Crippen LogP contribution in [-0.2, 0) is 0 Å². The van der Waals surface area contributed by atoms with E-state index in [4.69, 9.17) is 5.26 Å². The fourth-order valence-corrected chi connectivity index (χ4v) is 2.31. The second-order valence-corrected chi connectivity index (χ2v) is 4.24. The van der Waals surface area contributed by atoms with Crippen molar-refractivity contribution in [2.75, 3.05) is 11.9 Å². The highest BCUT2D eigenvalue weighted by atomic mass is 32.1. The summed E-state index contributed by atoms with van der Waals surface area (Å²) in [7, 11) is 1.93. The Balaban J connectivity index is 2.38. The van der Waals surface area contributed by atoms with Crippen molar-refractivity contribution in [2.24, 2.45) is 0 Å². The number of nitriles is 1. The van der Waals surface area contributed by atoms with E-state index in [1.54, 1.807) is 17.4 Å². The van der Waals surface area contributed by atoms with Gasteiger partial charge in [0, 0.05) is 13.1 Å². The lowest BCUT2D eigenvalue weighted by molar-refractivity contribution is 1.07. The minimum absolute atomic E-state index is 0.381. The Bertz CT molecular complexity index is 541. The van der Waals surface area contributed by atoms with Crippen molar-refractivity contribution in [3.8, 4) is 6.07 Å². The fraction of sp³-hybridized carbons (Fsp3) is 0.182. The molecular weight excluding hydrogens is 220 g/mol. The standard InChI is InChI=1S/C11H10N4S/c1-8-3-4-16-11(8)15(2)10-5-9(6-12)13-7-14-10/h3-5,7H,1-2H3. The molecule has 0 aliphatic rings. The summed E-state index contributed by atoms with van der Waals surface area (Å²) in [5, 5.41) is 11.9. The summed E-state index contributed by atoms with van der Waals surface area (Å²) in [6, 6.07) is 5.75. The third-order valence-corrected chi connectivity index (χ3v) is 3.34. The second-order valence-electron chi connectivity index (χ2n) is 3.34. The van der Waals surface area contributed by atoms with E-state index >= 15 is 0 Å². The van der Waals surface area contributed by atoms with Gasteiger partial charge < -0.3 is 4.90 Å². The van der Waals surface area contributed by atoms with Crippen LogP contribution in [0.15, 0.2) is 23.8 Å². The van der Waals surface area contributed by atoms with Crippen LogP contribution in [0.1, 0.15) is 11.3 Å². The van der Waals surface area contributed by atoms with Crippen molar-refractivity contribution in [3.05, 3.63) is 35.1 Å². The first-order chi connectivity index (χ1) is 7.72. The van der Waals surface area contributed by atoms with Gasteiger partial charge in [0.15, 0.2) is 0 Å². The number of rotatable bonds is 2. The summed E-state index contributed by atoms with van der Waals surface area (Å²) >= 11 is 1.65. The molecule has 0 aliphatic heterocycles. The lowest BCUT2D eigenvalue weighted by Crippen LogP contribution is -2.11. The third-order valence-electron chi connectivity index (χ3n) is 2.25. The zero-order valence-electron chi connectivity index (χ0n) is 9.01. The molecule has 0 unspecified atom stereocenters. The highest BCUT2D eigenvalue weighted by Crippen LogP contribution is 2.30. The SMILES string of the molecule is Cc1ccsc1N(C)c1cc(C#N)ncn1. The number of nitrogens with zero attached hydrogens (tertiary/aromatic N) is 4. The maximum atomic E-state index is 8.77. The molecule has 0 bridgehead atoms. The van der Waals surface area contributed by atoms with Crippen LogP contribution >= 0.6 is 11.3 Å². The van der Waals surface area contributed by atoms with Crippen molar-refractivity contribution in [1.82, 2.24) is 9.97 Å². The summed E-state index contributed by atoms with van der Waals surface area (Å²) in [5.74, 6) is 0.733. The highest BCUT2D eigenvalue weighted by molar-refractivity contribution is 7.14. The average Bonchev–Trinajstić information content (AvgIpc) is 2.74. The van der Waals surface area contributed by atoms with Gasteiger partial charge in [0.2, 0.25) is 0 Å². The summed E-state index contributed by atoms with van der Waals surface area (Å²) in [4.78, 5) is 9.96. The first kappa shape index (κ1) is 10.6. The summed E-state index contributed by atoms with van der Waals surface area (Å²) in [6.07, 6.45) is 1.41. The van der Waals surface area contributed by atoms with Gasteiger partial charge in [0.1, 0.15) is 23.9 Å². The molecule has 80 valence electrons. The Kier molecular flexibility index (Phi) is 2.84. The molecular formula is C11H10N4S. The smallest absolute Gasteiger partial charge is 0.145 e. The maximum Gasteiger partial charge on any atom is 0.145 e. The highest BCUT2D eigenvalue weighted by Gasteiger charge is 2.10. The van der Waals surface area contributed by atoms with Gasteiger partial charge in [0.05, 0.1) is 5.00 Å². The minimum Gasteiger partial charge on any atom is -0.321 e. The average molecular weight is 230 g/mol. The van der Waals surface area contributed by atoms with Crippen LogP contribution in [0.2, 0.25) is 0 Å². The molecule has 0 fully saturated rings. The van der Waals surface area contributed by atoms with Gasteiger partial charge in [-0.2, -0.15) is 5.26 Å². The monoisotopic (exact) mass is 230 g/mol. The summed E-state index contributed by atoms with van der Waals surface area (Å²) in [5.41, 5.74) is 1.58. The largest absolute Gasteiger partial charge is 0.321 e. The van der Waals surface area contributed by atoms with E-state index in [1.807, 2.05) is 23.4 Å². The molecule has 0 N–H and O–H groups in total. The first-order valence-corrected chi connectivity index (χ1v) is 5.60. The molecule has 2 aromatic rings. The first-order valence-electron chi connectivity index (χ1n) is 4.72. The lowest BCUT2D eigenvalue weighted by atomic mass is 10.3. The van der Waals surface area contributed by atoms with E-state index in [9.17, 15) is 0 Å². The van der Waals surface area contributed by atoms with Crippen LogP contribution in [0.4, 0.5) is 10.8 Å². The quantitative estimate of drug-likeness (QED) is 0.795. The molecule has 0 saturated heterocycles. The Hall–Kier alpha value is -1.93. The number of aromatic nitrogens is 2. The Morgan fingerprint density at radius 3 is 2.88 bits per heavy atom. The van der Waals surface area contributed by atoms with Gasteiger partial charge in [-0.05, 0) is 23.9 Å². The molecule has 4 nitrogen and oxygen atoms in total. The van der Waals surface area contributed by atoms with Gasteiger partial charge in [-0.25, -0.2) is 9.97 Å². The number of aryl methyl sites for hydroxylation is 1. The van der Waals surface area contributed by atoms with Crippen LogP contribution in [0.3, 0.4) is 0 Å². The molecule has 0 saturated carbocycles. The molecule has 0 aliphatic carbocycles. The molecule has 5 heteroatoms. The van der Waals surface area contributed by atoms with E-state index in [0.29, 0.717) is 5.69 Å². The molecule has 0 amide bonds. The van der Waals surface area contributed by atoms with Crippen LogP contribution in [-0.4, -0.2) is 17.0 Å². The van der Waals surface area contributed by atoms with Gasteiger partial charge in [0.25, 0.3) is 0 Å². The molecule has 2 heterocycles. The molecule has 0 spiro atoms. The van der Waals surface area contributed by atoms with E-state index in [2.05, 4.69) is 23.0 Å². The fourth-order valence-electron chi connectivity index (χ4n) is 1.40. The Morgan fingerprint density at radius 1 is 1.44 bits per heavy atom. The van der Waals surface area contributed by atoms with Crippen LogP contribution < -0.4 is 4.90 Å². The molecule has 0 aromatic carbocycles. The van der Waals surface area contributed by atoms with Crippen molar-refractivity contribution in [3.63, 3.8) is 0 Å². The second kappa shape index (κ2) is 4.29. The maximum absolute atomic E-state index is 8.77. The van der Waals surface area contributed by atoms with Gasteiger partial charge in [-0.3, -0.25) is 0 Å². The summed E-state index contributed by atoms with van der Waals surface area (Å²) in [6.45, 7) is 2.05. The molecule has 16 heavy (non-hydrogen) atoms. The number of thiophene rings is 1. The van der Waals surface area contributed by atoms with Crippen molar-refractivity contribution in [2.45, 2.75) is 6.92 Å². The molecule has 0 radical (unpaired) electrons.